The zero-order valence-corrected chi connectivity index (χ0v) is 16.0. The molecule has 26 heavy (non-hydrogen) atoms. The van der Waals surface area contributed by atoms with Crippen LogP contribution in [0.2, 0.25) is 0 Å². The molecule has 1 N–H and O–H groups in total. The van der Waals surface area contributed by atoms with E-state index >= 15 is 0 Å². The Hall–Kier alpha value is -0.490. The first kappa shape index (κ1) is 17.6. The van der Waals surface area contributed by atoms with Crippen molar-refractivity contribution >= 4 is 6.29 Å². The fourth-order valence-corrected chi connectivity index (χ4v) is 7.78. The Bertz CT molecular complexity index is 587. The van der Waals surface area contributed by atoms with Crippen molar-refractivity contribution in [3.8, 4) is 0 Å². The average molecular weight is 364 g/mol. The van der Waals surface area contributed by atoms with Crippen LogP contribution in [0.4, 0.5) is 0 Å². The lowest BCUT2D eigenvalue weighted by molar-refractivity contribution is -0.285. The molecular formula is C21H32O5. The van der Waals surface area contributed by atoms with Gasteiger partial charge in [0.15, 0.2) is 12.1 Å². The van der Waals surface area contributed by atoms with Gasteiger partial charge in [-0.3, -0.25) is 0 Å². The highest BCUT2D eigenvalue weighted by Gasteiger charge is 2.67. The van der Waals surface area contributed by atoms with Crippen LogP contribution in [-0.4, -0.2) is 42.8 Å². The summed E-state index contributed by atoms with van der Waals surface area (Å²) in [6.07, 6.45) is 7.70. The Morgan fingerprint density at radius 1 is 0.962 bits per heavy atom. The number of ether oxygens (including phenoxy) is 3. The number of hydrogen-bond acceptors (Lipinski definition) is 5. The Morgan fingerprint density at radius 3 is 2.35 bits per heavy atom. The van der Waals surface area contributed by atoms with Gasteiger partial charge in [0.05, 0.1) is 19.3 Å². The topological polar surface area (TPSA) is 65.0 Å². The van der Waals surface area contributed by atoms with Gasteiger partial charge in [0.25, 0.3) is 0 Å². The molecule has 0 aromatic carbocycles. The van der Waals surface area contributed by atoms with E-state index in [1.165, 1.54) is 6.29 Å². The van der Waals surface area contributed by atoms with E-state index in [0.717, 1.165) is 44.9 Å². The van der Waals surface area contributed by atoms with Crippen LogP contribution in [0.25, 0.3) is 0 Å². The van der Waals surface area contributed by atoms with E-state index in [9.17, 15) is 9.90 Å². The first-order valence-electron chi connectivity index (χ1n) is 10.5. The molecule has 2 unspecified atom stereocenters. The Kier molecular flexibility index (Phi) is 3.90. The first-order valence-corrected chi connectivity index (χ1v) is 10.5. The molecular weight excluding hydrogens is 332 g/mol. The zero-order chi connectivity index (χ0) is 18.2. The van der Waals surface area contributed by atoms with Crippen molar-refractivity contribution in [1.82, 2.24) is 0 Å². The van der Waals surface area contributed by atoms with Gasteiger partial charge in [-0.1, -0.05) is 13.8 Å². The summed E-state index contributed by atoms with van der Waals surface area (Å²) < 4.78 is 18.0. The summed E-state index contributed by atoms with van der Waals surface area (Å²) in [6, 6.07) is 0. The number of aldehydes is 1. The summed E-state index contributed by atoms with van der Waals surface area (Å²) >= 11 is 0. The average Bonchev–Trinajstić information content (AvgIpc) is 3.21. The lowest BCUT2D eigenvalue weighted by Crippen LogP contribution is -2.59. The van der Waals surface area contributed by atoms with Crippen LogP contribution < -0.4 is 0 Å². The number of rotatable bonds is 2. The normalized spacial score (nSPS) is 55.2. The van der Waals surface area contributed by atoms with Crippen molar-refractivity contribution in [1.29, 1.82) is 0 Å². The minimum absolute atomic E-state index is 0.0133. The fourth-order valence-electron chi connectivity index (χ4n) is 7.78. The second-order valence-electron chi connectivity index (χ2n) is 9.91. The zero-order valence-electron chi connectivity index (χ0n) is 16.0. The third-order valence-electron chi connectivity index (χ3n) is 9.13. The molecule has 3 saturated carbocycles. The van der Waals surface area contributed by atoms with Crippen molar-refractivity contribution in [3.63, 3.8) is 0 Å². The molecule has 6 rings (SSSR count). The van der Waals surface area contributed by atoms with Crippen LogP contribution >= 0.6 is 0 Å². The van der Waals surface area contributed by atoms with Gasteiger partial charge in [0.2, 0.25) is 0 Å². The van der Waals surface area contributed by atoms with Crippen molar-refractivity contribution in [2.45, 2.75) is 77.0 Å². The summed E-state index contributed by atoms with van der Waals surface area (Å²) in [4.78, 5) is 12.4. The number of carbonyl (C=O) groups excluding carboxylic acids is 1. The summed E-state index contributed by atoms with van der Waals surface area (Å²) in [5.74, 6) is 0.336. The molecule has 3 heterocycles. The van der Waals surface area contributed by atoms with Crippen molar-refractivity contribution in [2.75, 3.05) is 13.2 Å². The van der Waals surface area contributed by atoms with Gasteiger partial charge in [-0.05, 0) is 55.8 Å². The van der Waals surface area contributed by atoms with Gasteiger partial charge < -0.3 is 24.1 Å². The molecule has 5 heteroatoms. The highest BCUT2D eigenvalue weighted by atomic mass is 16.7. The molecule has 0 amide bonds. The van der Waals surface area contributed by atoms with E-state index in [4.69, 9.17) is 14.2 Å². The van der Waals surface area contributed by atoms with Crippen molar-refractivity contribution in [3.05, 3.63) is 0 Å². The molecule has 0 aromatic rings. The van der Waals surface area contributed by atoms with E-state index in [0.29, 0.717) is 25.0 Å². The molecule has 3 aliphatic heterocycles. The standard InChI is InChI=1S/C21H32O5/c1-19(11-13-3-4-17(19)18(23)26-13)15-5-7-20(2)16(14(15)12-22)6-8-21(20)24-9-10-25-21/h12-18,23H,3-11H2,1-2H3/t13?,14-,15+,16+,17-,18?,19-,20+/m1/s1. The van der Waals surface area contributed by atoms with E-state index in [2.05, 4.69) is 13.8 Å². The fraction of sp³-hybridized carbons (Fsp3) is 0.952. The van der Waals surface area contributed by atoms with Gasteiger partial charge in [-0.2, -0.15) is 0 Å². The lowest BCUT2D eigenvalue weighted by atomic mass is 9.48. The molecule has 146 valence electrons. The van der Waals surface area contributed by atoms with Gasteiger partial charge in [0, 0.05) is 23.7 Å². The maximum absolute atomic E-state index is 12.4. The Morgan fingerprint density at radius 2 is 1.69 bits per heavy atom. The largest absolute Gasteiger partial charge is 0.368 e. The van der Waals surface area contributed by atoms with Gasteiger partial charge in [-0.15, -0.1) is 0 Å². The smallest absolute Gasteiger partial charge is 0.174 e. The van der Waals surface area contributed by atoms with Gasteiger partial charge in [0.1, 0.15) is 6.29 Å². The van der Waals surface area contributed by atoms with E-state index in [-0.39, 0.29) is 28.8 Å². The quantitative estimate of drug-likeness (QED) is 0.763. The summed E-state index contributed by atoms with van der Waals surface area (Å²) in [7, 11) is 0. The second kappa shape index (κ2) is 5.76. The van der Waals surface area contributed by atoms with Crippen molar-refractivity contribution < 1.29 is 24.1 Å². The predicted molar refractivity (Wildman–Crippen MR) is 94.1 cm³/mol. The molecule has 2 bridgehead atoms. The van der Waals surface area contributed by atoms with Gasteiger partial charge in [-0.25, -0.2) is 0 Å². The van der Waals surface area contributed by atoms with Crippen molar-refractivity contribution in [2.24, 2.45) is 34.5 Å². The molecule has 0 radical (unpaired) electrons. The van der Waals surface area contributed by atoms with E-state index in [1.807, 2.05) is 0 Å². The maximum Gasteiger partial charge on any atom is 0.174 e. The Labute approximate surface area is 155 Å². The monoisotopic (exact) mass is 364 g/mol. The molecule has 8 atom stereocenters. The van der Waals surface area contributed by atoms with Crippen LogP contribution in [0.5, 0.6) is 0 Å². The third-order valence-corrected chi connectivity index (χ3v) is 9.13. The number of hydrogen-bond donors (Lipinski definition) is 1. The minimum Gasteiger partial charge on any atom is -0.368 e. The maximum atomic E-state index is 12.4. The van der Waals surface area contributed by atoms with E-state index < -0.39 is 12.1 Å². The Balaban J connectivity index is 1.47. The summed E-state index contributed by atoms with van der Waals surface area (Å²) in [5, 5.41) is 10.5. The summed E-state index contributed by atoms with van der Waals surface area (Å²) in [5.41, 5.74) is -0.0919. The summed E-state index contributed by atoms with van der Waals surface area (Å²) in [6.45, 7) is 5.94. The number of fused-ring (bicyclic) bond motifs is 5. The van der Waals surface area contributed by atoms with Crippen LogP contribution in [0, 0.1) is 34.5 Å². The number of aliphatic hydroxyl groups excluding tert-OH is 1. The molecule has 0 aromatic heterocycles. The molecule has 1 spiro atoms. The SMILES string of the molecule is C[C@]1([C@H]2CC[C@@]3(C)[C@@H](CCC34OCCO4)[C@@H]2C=O)CC2CC[C@@H]1C(O)O2. The second-order valence-corrected chi connectivity index (χ2v) is 9.91. The number of aliphatic hydroxyl groups is 1. The molecule has 5 nitrogen and oxygen atoms in total. The van der Waals surface area contributed by atoms with Crippen LogP contribution in [0.1, 0.15) is 58.8 Å². The lowest BCUT2D eigenvalue weighted by Gasteiger charge is -2.60. The first-order chi connectivity index (χ1) is 12.4. The van der Waals surface area contributed by atoms with Gasteiger partial charge >= 0.3 is 0 Å². The molecule has 3 saturated heterocycles. The predicted octanol–water partition coefficient (Wildman–Crippen LogP) is 2.89. The molecule has 6 fully saturated rings. The van der Waals surface area contributed by atoms with Crippen LogP contribution in [0.3, 0.4) is 0 Å². The third kappa shape index (κ3) is 2.09. The highest BCUT2D eigenvalue weighted by Crippen LogP contribution is 2.67. The highest BCUT2D eigenvalue weighted by molar-refractivity contribution is 5.56. The molecule has 3 aliphatic carbocycles. The molecule has 6 aliphatic rings. The van der Waals surface area contributed by atoms with E-state index in [1.54, 1.807) is 0 Å². The van der Waals surface area contributed by atoms with Crippen LogP contribution in [0.15, 0.2) is 0 Å². The minimum atomic E-state index is -0.662. The van der Waals surface area contributed by atoms with Crippen LogP contribution in [-0.2, 0) is 19.0 Å². The number of carbonyl (C=O) groups is 1.